The van der Waals surface area contributed by atoms with Gasteiger partial charge < -0.3 is 19.9 Å². The molecule has 8 heteroatoms. The predicted molar refractivity (Wildman–Crippen MR) is 121 cm³/mol. The van der Waals surface area contributed by atoms with Crippen molar-refractivity contribution in [1.29, 1.82) is 0 Å². The van der Waals surface area contributed by atoms with Crippen LogP contribution in [0.5, 0.6) is 11.5 Å². The van der Waals surface area contributed by atoms with Gasteiger partial charge in [0.15, 0.2) is 11.5 Å². The largest absolute Gasteiger partial charge is 0.493 e. The van der Waals surface area contributed by atoms with Crippen molar-refractivity contribution in [3.8, 4) is 22.6 Å². The van der Waals surface area contributed by atoms with E-state index in [1.54, 1.807) is 13.2 Å². The van der Waals surface area contributed by atoms with Crippen molar-refractivity contribution in [2.24, 2.45) is 0 Å². The molecule has 0 saturated heterocycles. The Morgan fingerprint density at radius 3 is 2.53 bits per heavy atom. The summed E-state index contributed by atoms with van der Waals surface area (Å²) in [4.78, 5) is 25.5. The number of hydrogen-bond donors (Lipinski definition) is 2. The Labute approximate surface area is 188 Å². The van der Waals surface area contributed by atoms with Gasteiger partial charge in [0.2, 0.25) is 5.91 Å². The summed E-state index contributed by atoms with van der Waals surface area (Å²) in [5.41, 5.74) is 2.20. The number of carboxylic acid groups (broad SMARTS) is 1. The van der Waals surface area contributed by atoms with Crippen molar-refractivity contribution < 1.29 is 28.6 Å². The number of carbonyl (C=O) groups excluding carboxylic acids is 1. The summed E-state index contributed by atoms with van der Waals surface area (Å²) in [6.07, 6.45) is 0.0953. The van der Waals surface area contributed by atoms with E-state index in [-0.39, 0.29) is 29.2 Å². The number of hydrogen-bond acceptors (Lipinski definition) is 5. The lowest BCUT2D eigenvalue weighted by Gasteiger charge is -2.25. The maximum atomic E-state index is 13.5. The average Bonchev–Trinajstić information content (AvgIpc) is 3.13. The second-order valence-electron chi connectivity index (χ2n) is 7.74. The second kappa shape index (κ2) is 8.63. The number of amides is 1. The molecule has 0 bridgehead atoms. The van der Waals surface area contributed by atoms with Crippen LogP contribution in [0.25, 0.3) is 11.1 Å². The smallest absolute Gasteiger partial charge is 0.346 e. The van der Waals surface area contributed by atoms with Gasteiger partial charge in [-0.3, -0.25) is 4.79 Å². The summed E-state index contributed by atoms with van der Waals surface area (Å²) in [7, 11) is 1.56. The molecule has 0 spiro atoms. The van der Waals surface area contributed by atoms with E-state index in [0.29, 0.717) is 28.3 Å². The Bertz CT molecular complexity index is 1190. The Morgan fingerprint density at radius 1 is 1.19 bits per heavy atom. The fourth-order valence-electron chi connectivity index (χ4n) is 3.85. The highest BCUT2D eigenvalue weighted by Crippen LogP contribution is 2.50. The van der Waals surface area contributed by atoms with E-state index < -0.39 is 11.8 Å². The van der Waals surface area contributed by atoms with Crippen molar-refractivity contribution in [1.82, 2.24) is 0 Å². The highest BCUT2D eigenvalue weighted by Gasteiger charge is 2.34. The molecule has 4 rings (SSSR count). The SMILES string of the molecule is COc1ccc([C@@H]2CC(=O)Nc3c2sc(C(=O)O)c3-c2ccc(F)cc2)cc1OC(C)C. The third kappa shape index (κ3) is 4.05. The van der Waals surface area contributed by atoms with E-state index in [1.807, 2.05) is 26.0 Å². The lowest BCUT2D eigenvalue weighted by molar-refractivity contribution is -0.116. The number of carbonyl (C=O) groups is 2. The molecule has 2 aromatic carbocycles. The number of nitrogens with one attached hydrogen (secondary N) is 1. The molecule has 32 heavy (non-hydrogen) atoms. The summed E-state index contributed by atoms with van der Waals surface area (Å²) in [6.45, 7) is 3.82. The number of thiophene rings is 1. The molecule has 2 heterocycles. The summed E-state index contributed by atoms with van der Waals surface area (Å²) in [5.74, 6) is -0.962. The summed E-state index contributed by atoms with van der Waals surface area (Å²) in [6, 6.07) is 11.0. The Hall–Kier alpha value is -3.39. The van der Waals surface area contributed by atoms with Gasteiger partial charge in [-0.2, -0.15) is 0 Å². The lowest BCUT2D eigenvalue weighted by atomic mass is 9.88. The van der Waals surface area contributed by atoms with Gasteiger partial charge in [-0.25, -0.2) is 9.18 Å². The minimum absolute atomic E-state index is 0.0743. The topological polar surface area (TPSA) is 84.9 Å². The number of benzene rings is 2. The van der Waals surface area contributed by atoms with Crippen LogP contribution in [0.1, 0.15) is 46.3 Å². The van der Waals surface area contributed by atoms with E-state index in [1.165, 1.54) is 24.3 Å². The number of ether oxygens (including phenoxy) is 2. The number of carboxylic acids is 1. The fourth-order valence-corrected chi connectivity index (χ4v) is 5.10. The van der Waals surface area contributed by atoms with Crippen LogP contribution >= 0.6 is 11.3 Å². The van der Waals surface area contributed by atoms with Gasteiger partial charge in [-0.1, -0.05) is 18.2 Å². The van der Waals surface area contributed by atoms with E-state index in [0.717, 1.165) is 21.8 Å². The fraction of sp³-hybridized carbons (Fsp3) is 0.250. The normalized spacial score (nSPS) is 15.3. The van der Waals surface area contributed by atoms with Gasteiger partial charge in [0.1, 0.15) is 10.7 Å². The highest BCUT2D eigenvalue weighted by atomic mass is 32.1. The van der Waals surface area contributed by atoms with Gasteiger partial charge in [0, 0.05) is 22.8 Å². The lowest BCUT2D eigenvalue weighted by Crippen LogP contribution is -2.22. The van der Waals surface area contributed by atoms with Crippen LogP contribution in [-0.4, -0.2) is 30.2 Å². The number of rotatable bonds is 6. The van der Waals surface area contributed by atoms with Crippen LogP contribution in [0.15, 0.2) is 42.5 Å². The second-order valence-corrected chi connectivity index (χ2v) is 8.79. The van der Waals surface area contributed by atoms with Gasteiger partial charge in [0.05, 0.1) is 18.9 Å². The molecule has 1 aliphatic rings. The maximum Gasteiger partial charge on any atom is 0.346 e. The molecule has 0 aliphatic carbocycles. The third-order valence-corrected chi connectivity index (χ3v) is 6.48. The van der Waals surface area contributed by atoms with Crippen molar-refractivity contribution in [3.63, 3.8) is 0 Å². The summed E-state index contributed by atoms with van der Waals surface area (Å²) in [5, 5.41) is 12.7. The number of halogens is 1. The first-order valence-corrected chi connectivity index (χ1v) is 10.9. The van der Waals surface area contributed by atoms with E-state index in [4.69, 9.17) is 9.47 Å². The van der Waals surface area contributed by atoms with Gasteiger partial charge in [-0.05, 0) is 49.2 Å². The molecular weight excluding hydrogens is 433 g/mol. The van der Waals surface area contributed by atoms with Gasteiger partial charge in [-0.15, -0.1) is 11.3 Å². The number of aromatic carboxylic acids is 1. The number of fused-ring (bicyclic) bond motifs is 1. The molecule has 6 nitrogen and oxygen atoms in total. The molecule has 1 aliphatic heterocycles. The third-order valence-electron chi connectivity index (χ3n) is 5.19. The monoisotopic (exact) mass is 455 g/mol. The molecule has 1 aromatic heterocycles. The first-order valence-electron chi connectivity index (χ1n) is 10.1. The zero-order chi connectivity index (χ0) is 23.0. The maximum absolute atomic E-state index is 13.5. The van der Waals surface area contributed by atoms with Crippen LogP contribution in [0.4, 0.5) is 10.1 Å². The summed E-state index contributed by atoms with van der Waals surface area (Å²) >= 11 is 1.12. The van der Waals surface area contributed by atoms with Crippen LogP contribution in [0, 0.1) is 5.82 Å². The molecule has 2 N–H and O–H groups in total. The van der Waals surface area contributed by atoms with Crippen molar-refractivity contribution in [2.45, 2.75) is 32.3 Å². The minimum Gasteiger partial charge on any atom is -0.493 e. The van der Waals surface area contributed by atoms with E-state index in [2.05, 4.69) is 5.32 Å². The zero-order valence-corrected chi connectivity index (χ0v) is 18.6. The Balaban J connectivity index is 1.87. The van der Waals surface area contributed by atoms with Gasteiger partial charge >= 0.3 is 5.97 Å². The minimum atomic E-state index is -1.10. The number of methoxy groups -OCH3 is 1. The molecule has 0 unspecified atom stereocenters. The van der Waals surface area contributed by atoms with Crippen molar-refractivity contribution in [3.05, 3.63) is 63.6 Å². The molecule has 0 saturated carbocycles. The van der Waals surface area contributed by atoms with Crippen LogP contribution in [0.2, 0.25) is 0 Å². The quantitative estimate of drug-likeness (QED) is 0.511. The summed E-state index contributed by atoms with van der Waals surface area (Å²) < 4.78 is 24.7. The van der Waals surface area contributed by atoms with Crippen LogP contribution in [-0.2, 0) is 4.79 Å². The average molecular weight is 456 g/mol. The standard InChI is InChI=1S/C24H22FNO5S/c1-12(2)31-18-10-14(6-9-17(18)30-3)16-11-19(27)26-21-20(13-4-7-15(25)8-5-13)23(24(28)29)32-22(16)21/h4-10,12,16H,11H2,1-3H3,(H,26,27)(H,28,29)/t16-/m0/s1. The van der Waals surface area contributed by atoms with Crippen LogP contribution in [0.3, 0.4) is 0 Å². The van der Waals surface area contributed by atoms with E-state index >= 15 is 0 Å². The molecule has 1 atom stereocenters. The first kappa shape index (κ1) is 21.8. The molecule has 0 fully saturated rings. The van der Waals surface area contributed by atoms with E-state index in [9.17, 15) is 19.1 Å². The number of anilines is 1. The molecule has 3 aromatic rings. The molecule has 1 amide bonds. The van der Waals surface area contributed by atoms with Crippen molar-refractivity contribution in [2.75, 3.05) is 12.4 Å². The predicted octanol–water partition coefficient (Wildman–Crippen LogP) is 5.52. The highest BCUT2D eigenvalue weighted by molar-refractivity contribution is 7.15. The zero-order valence-electron chi connectivity index (χ0n) is 17.8. The Morgan fingerprint density at radius 2 is 1.91 bits per heavy atom. The first-order chi connectivity index (χ1) is 15.3. The van der Waals surface area contributed by atoms with Crippen molar-refractivity contribution >= 4 is 28.9 Å². The van der Waals surface area contributed by atoms with Crippen LogP contribution < -0.4 is 14.8 Å². The van der Waals surface area contributed by atoms with Gasteiger partial charge in [0.25, 0.3) is 0 Å². The molecule has 0 radical (unpaired) electrons. The Kier molecular flexibility index (Phi) is 5.88. The molecule has 166 valence electrons. The molecular formula is C24H22FNO5S.